The van der Waals surface area contributed by atoms with Crippen molar-refractivity contribution in [2.24, 2.45) is 0 Å². The fraction of sp³-hybridized carbons (Fsp3) is 0.474. The lowest BCUT2D eigenvalue weighted by molar-refractivity contribution is -0.00618. The number of morpholine rings is 1. The molecular weight excluding hydrogens is 304 g/mol. The van der Waals surface area contributed by atoms with Crippen LogP contribution in [0, 0.1) is 0 Å². The second kappa shape index (κ2) is 7.07. The van der Waals surface area contributed by atoms with Crippen LogP contribution in [-0.4, -0.2) is 66.4 Å². The maximum Gasteiger partial charge on any atom is 0.133 e. The molecule has 5 heteroatoms. The normalized spacial score (nSPS) is 26.0. The number of likely N-dealkylation sites (tertiary alicyclic amines) is 1. The van der Waals surface area contributed by atoms with Gasteiger partial charge in [0.05, 0.1) is 25.6 Å². The van der Waals surface area contributed by atoms with Crippen molar-refractivity contribution in [1.29, 1.82) is 0 Å². The van der Waals surface area contributed by atoms with Gasteiger partial charge in [0.15, 0.2) is 0 Å². The molecule has 0 amide bonds. The van der Waals surface area contributed by atoms with E-state index in [2.05, 4.69) is 34.1 Å². The Bertz CT molecular complexity index is 635. The van der Waals surface area contributed by atoms with Gasteiger partial charge in [0.1, 0.15) is 5.76 Å². The molecule has 2 aliphatic heterocycles. The molecule has 2 aromatic rings. The Kier molecular flexibility index (Phi) is 4.67. The molecule has 2 fully saturated rings. The summed E-state index contributed by atoms with van der Waals surface area (Å²) in [5.41, 5.74) is 2.36. The second-order valence-electron chi connectivity index (χ2n) is 6.65. The molecule has 4 rings (SSSR count). The minimum Gasteiger partial charge on any atom is -0.464 e. The maximum atomic E-state index is 10.4. The molecule has 0 bridgehead atoms. The Morgan fingerprint density at radius 3 is 2.54 bits per heavy atom. The van der Waals surface area contributed by atoms with Gasteiger partial charge in [0.25, 0.3) is 0 Å². The van der Waals surface area contributed by atoms with Gasteiger partial charge in [-0.15, -0.1) is 0 Å². The largest absolute Gasteiger partial charge is 0.464 e. The summed E-state index contributed by atoms with van der Waals surface area (Å²) in [6.45, 7) is 5.93. The van der Waals surface area contributed by atoms with Crippen molar-refractivity contribution in [1.82, 2.24) is 9.80 Å². The number of hydrogen-bond donors (Lipinski definition) is 1. The van der Waals surface area contributed by atoms with Gasteiger partial charge in [-0.2, -0.15) is 0 Å². The van der Waals surface area contributed by atoms with Crippen LogP contribution in [-0.2, 0) is 11.3 Å². The van der Waals surface area contributed by atoms with E-state index in [1.807, 2.05) is 12.1 Å². The molecule has 0 aliphatic carbocycles. The number of nitrogens with zero attached hydrogens (tertiary/aromatic N) is 2. The van der Waals surface area contributed by atoms with Gasteiger partial charge in [-0.05, 0) is 17.7 Å². The highest BCUT2D eigenvalue weighted by atomic mass is 16.5. The van der Waals surface area contributed by atoms with E-state index in [4.69, 9.17) is 9.15 Å². The highest BCUT2D eigenvalue weighted by molar-refractivity contribution is 5.57. The molecule has 0 saturated carbocycles. The molecule has 1 N–H and O–H groups in total. The van der Waals surface area contributed by atoms with Crippen molar-refractivity contribution < 1.29 is 14.3 Å². The van der Waals surface area contributed by atoms with E-state index in [-0.39, 0.29) is 12.1 Å². The summed E-state index contributed by atoms with van der Waals surface area (Å²) in [6.07, 6.45) is 1.42. The van der Waals surface area contributed by atoms with Crippen LogP contribution in [0.1, 0.15) is 5.56 Å². The van der Waals surface area contributed by atoms with Gasteiger partial charge >= 0.3 is 0 Å². The molecule has 5 nitrogen and oxygen atoms in total. The van der Waals surface area contributed by atoms with Crippen LogP contribution >= 0.6 is 0 Å². The van der Waals surface area contributed by atoms with Crippen molar-refractivity contribution in [3.63, 3.8) is 0 Å². The van der Waals surface area contributed by atoms with Crippen molar-refractivity contribution >= 4 is 0 Å². The molecule has 1 aromatic heterocycles. The van der Waals surface area contributed by atoms with Gasteiger partial charge in [-0.1, -0.05) is 24.3 Å². The lowest BCUT2D eigenvalue weighted by Gasteiger charge is -2.33. The van der Waals surface area contributed by atoms with E-state index in [1.165, 1.54) is 5.56 Å². The average Bonchev–Trinajstić information content (AvgIpc) is 3.26. The van der Waals surface area contributed by atoms with Crippen molar-refractivity contribution in [2.45, 2.75) is 18.7 Å². The molecule has 2 saturated heterocycles. The molecule has 0 unspecified atom stereocenters. The Morgan fingerprint density at radius 1 is 1.04 bits per heavy atom. The van der Waals surface area contributed by atoms with Crippen molar-refractivity contribution in [3.8, 4) is 11.3 Å². The fourth-order valence-corrected chi connectivity index (χ4v) is 3.72. The summed E-state index contributed by atoms with van der Waals surface area (Å²) in [7, 11) is 0. The van der Waals surface area contributed by atoms with E-state index in [9.17, 15) is 5.11 Å². The smallest absolute Gasteiger partial charge is 0.133 e. The van der Waals surface area contributed by atoms with Crippen LogP contribution in [0.15, 0.2) is 47.1 Å². The minimum atomic E-state index is -0.273. The van der Waals surface area contributed by atoms with E-state index < -0.39 is 0 Å². The molecule has 2 atom stereocenters. The number of rotatable bonds is 4. The van der Waals surface area contributed by atoms with E-state index in [0.717, 1.165) is 57.3 Å². The standard InChI is InChI=1S/C19H24N2O3/c22-18-14-20(13-17(18)21-7-10-23-11-8-21)12-15-3-5-16(6-4-15)19-2-1-9-24-19/h1-6,9,17-18,22H,7-8,10-14H2/t17-,18-/m1/s1. The van der Waals surface area contributed by atoms with Crippen LogP contribution in [0.2, 0.25) is 0 Å². The highest BCUT2D eigenvalue weighted by Crippen LogP contribution is 2.23. The zero-order valence-electron chi connectivity index (χ0n) is 13.8. The molecule has 24 heavy (non-hydrogen) atoms. The van der Waals surface area contributed by atoms with Crippen molar-refractivity contribution in [3.05, 3.63) is 48.2 Å². The zero-order valence-corrected chi connectivity index (χ0v) is 13.8. The fourth-order valence-electron chi connectivity index (χ4n) is 3.72. The quantitative estimate of drug-likeness (QED) is 0.928. The van der Waals surface area contributed by atoms with Crippen LogP contribution in [0.4, 0.5) is 0 Å². The highest BCUT2D eigenvalue weighted by Gasteiger charge is 2.35. The molecule has 0 spiro atoms. The maximum absolute atomic E-state index is 10.4. The van der Waals surface area contributed by atoms with Crippen LogP contribution in [0.5, 0.6) is 0 Å². The van der Waals surface area contributed by atoms with Crippen LogP contribution in [0.3, 0.4) is 0 Å². The molecule has 3 heterocycles. The molecular formula is C19H24N2O3. The first kappa shape index (κ1) is 15.8. The molecule has 128 valence electrons. The summed E-state index contributed by atoms with van der Waals surface area (Å²) in [5.74, 6) is 0.894. The Labute approximate surface area is 142 Å². The number of aliphatic hydroxyl groups excluding tert-OH is 1. The second-order valence-corrected chi connectivity index (χ2v) is 6.65. The van der Waals surface area contributed by atoms with Crippen LogP contribution < -0.4 is 0 Å². The summed E-state index contributed by atoms with van der Waals surface area (Å²) in [4.78, 5) is 4.71. The summed E-state index contributed by atoms with van der Waals surface area (Å²) >= 11 is 0. The third-order valence-electron chi connectivity index (χ3n) is 5.02. The third-order valence-corrected chi connectivity index (χ3v) is 5.02. The van der Waals surface area contributed by atoms with Gasteiger partial charge in [0.2, 0.25) is 0 Å². The number of hydrogen-bond acceptors (Lipinski definition) is 5. The number of benzene rings is 1. The lowest BCUT2D eigenvalue weighted by Crippen LogP contribution is -2.48. The number of β-amino-alcohol motifs (C(OH)–C–C–N with tert-alkyl or cyclic N) is 1. The van der Waals surface area contributed by atoms with E-state index in [0.29, 0.717) is 0 Å². The lowest BCUT2D eigenvalue weighted by atomic mass is 10.1. The van der Waals surface area contributed by atoms with Crippen LogP contribution in [0.25, 0.3) is 11.3 Å². The van der Waals surface area contributed by atoms with Gasteiger partial charge in [0, 0.05) is 44.3 Å². The van der Waals surface area contributed by atoms with Gasteiger partial charge < -0.3 is 14.3 Å². The predicted molar refractivity (Wildman–Crippen MR) is 91.6 cm³/mol. The van der Waals surface area contributed by atoms with E-state index >= 15 is 0 Å². The monoisotopic (exact) mass is 328 g/mol. The first-order valence-electron chi connectivity index (χ1n) is 8.64. The summed E-state index contributed by atoms with van der Waals surface area (Å²) < 4.78 is 10.8. The Morgan fingerprint density at radius 2 is 1.83 bits per heavy atom. The van der Waals surface area contributed by atoms with Gasteiger partial charge in [-0.3, -0.25) is 9.80 Å². The first-order chi connectivity index (χ1) is 11.8. The number of aliphatic hydroxyl groups is 1. The Balaban J connectivity index is 1.37. The summed E-state index contributed by atoms with van der Waals surface area (Å²) in [5, 5.41) is 10.4. The molecule has 1 aromatic carbocycles. The Hall–Kier alpha value is -1.66. The first-order valence-corrected chi connectivity index (χ1v) is 8.64. The average molecular weight is 328 g/mol. The SMILES string of the molecule is O[C@@H]1CN(Cc2ccc(-c3ccco3)cc2)C[C@H]1N1CCOCC1. The predicted octanol–water partition coefficient (Wildman–Crippen LogP) is 1.82. The van der Waals surface area contributed by atoms with E-state index in [1.54, 1.807) is 6.26 Å². The topological polar surface area (TPSA) is 49.1 Å². The minimum absolute atomic E-state index is 0.233. The molecule has 2 aliphatic rings. The van der Waals surface area contributed by atoms with Gasteiger partial charge in [-0.25, -0.2) is 0 Å². The summed E-state index contributed by atoms with van der Waals surface area (Å²) in [6, 6.07) is 12.6. The number of ether oxygens (including phenoxy) is 1. The molecule has 0 radical (unpaired) electrons. The third kappa shape index (κ3) is 3.39. The number of furan rings is 1. The van der Waals surface area contributed by atoms with Crippen molar-refractivity contribution in [2.75, 3.05) is 39.4 Å². The zero-order chi connectivity index (χ0) is 16.4.